The van der Waals surface area contributed by atoms with E-state index in [0.29, 0.717) is 11.3 Å². The van der Waals surface area contributed by atoms with E-state index in [-0.39, 0.29) is 11.6 Å². The van der Waals surface area contributed by atoms with E-state index in [4.69, 9.17) is 0 Å². The maximum atomic E-state index is 12.9. The number of carbonyl (C=O) groups excluding carboxylic acids is 1. The SMILES string of the molecule is C=C(C)c1ccccc1N/C(C)=C\C(=O)c1ccc(F)cc1. The van der Waals surface area contributed by atoms with Gasteiger partial charge in [0.05, 0.1) is 0 Å². The van der Waals surface area contributed by atoms with Crippen molar-refractivity contribution in [2.24, 2.45) is 0 Å². The summed E-state index contributed by atoms with van der Waals surface area (Å²) in [6.07, 6.45) is 1.50. The molecule has 2 rings (SSSR count). The van der Waals surface area contributed by atoms with Crippen molar-refractivity contribution in [3.8, 4) is 0 Å². The third-order valence-corrected chi connectivity index (χ3v) is 3.20. The zero-order valence-electron chi connectivity index (χ0n) is 12.7. The quantitative estimate of drug-likeness (QED) is 0.617. The Morgan fingerprint density at radius 3 is 2.36 bits per heavy atom. The van der Waals surface area contributed by atoms with Crippen LogP contribution in [0.15, 0.2) is 66.9 Å². The van der Waals surface area contributed by atoms with Crippen molar-refractivity contribution in [2.75, 3.05) is 5.32 Å². The van der Waals surface area contributed by atoms with Crippen molar-refractivity contribution in [3.63, 3.8) is 0 Å². The second-order valence-corrected chi connectivity index (χ2v) is 5.15. The Kier molecular flexibility index (Phi) is 4.89. The molecule has 2 aromatic rings. The molecule has 0 aliphatic heterocycles. The van der Waals surface area contributed by atoms with Crippen LogP contribution < -0.4 is 5.32 Å². The van der Waals surface area contributed by atoms with Crippen LogP contribution in [0.25, 0.3) is 5.57 Å². The summed E-state index contributed by atoms with van der Waals surface area (Å²) in [6.45, 7) is 7.70. The lowest BCUT2D eigenvalue weighted by Gasteiger charge is -2.12. The van der Waals surface area contributed by atoms with Crippen molar-refractivity contribution >= 4 is 17.0 Å². The first kappa shape index (κ1) is 15.7. The summed E-state index contributed by atoms with van der Waals surface area (Å²) in [5.41, 5.74) is 4.01. The van der Waals surface area contributed by atoms with E-state index in [1.807, 2.05) is 38.1 Å². The first-order chi connectivity index (χ1) is 10.5. The molecule has 0 atom stereocenters. The number of ketones is 1. The topological polar surface area (TPSA) is 29.1 Å². The fraction of sp³-hybridized carbons (Fsp3) is 0.105. The molecule has 0 bridgehead atoms. The number of carbonyl (C=O) groups is 1. The molecule has 0 aliphatic carbocycles. The number of nitrogens with one attached hydrogen (secondary N) is 1. The largest absolute Gasteiger partial charge is 0.359 e. The highest BCUT2D eigenvalue weighted by molar-refractivity contribution is 6.05. The first-order valence-electron chi connectivity index (χ1n) is 6.97. The monoisotopic (exact) mass is 295 g/mol. The number of rotatable bonds is 5. The normalized spacial score (nSPS) is 11.1. The summed E-state index contributed by atoms with van der Waals surface area (Å²) >= 11 is 0. The minimum atomic E-state index is -0.356. The number of anilines is 1. The van der Waals surface area contributed by atoms with Gasteiger partial charge in [0.1, 0.15) is 5.82 Å². The van der Waals surface area contributed by atoms with Crippen LogP contribution in [0.2, 0.25) is 0 Å². The molecule has 0 fully saturated rings. The van der Waals surface area contributed by atoms with Gasteiger partial charge in [-0.2, -0.15) is 0 Å². The number of benzene rings is 2. The second-order valence-electron chi connectivity index (χ2n) is 5.15. The first-order valence-corrected chi connectivity index (χ1v) is 6.97. The van der Waals surface area contributed by atoms with E-state index in [1.165, 1.54) is 30.3 Å². The number of para-hydroxylation sites is 1. The number of allylic oxidation sites excluding steroid dienone is 3. The predicted octanol–water partition coefficient (Wildman–Crippen LogP) is 5.06. The fourth-order valence-corrected chi connectivity index (χ4v) is 2.11. The Labute approximate surface area is 130 Å². The van der Waals surface area contributed by atoms with Gasteiger partial charge in [0.2, 0.25) is 0 Å². The number of hydrogen-bond acceptors (Lipinski definition) is 2. The number of halogens is 1. The van der Waals surface area contributed by atoms with Gasteiger partial charge in [0.15, 0.2) is 5.78 Å². The Bertz CT molecular complexity index is 729. The van der Waals surface area contributed by atoms with Gasteiger partial charge >= 0.3 is 0 Å². The van der Waals surface area contributed by atoms with Crippen molar-refractivity contribution in [3.05, 3.63) is 83.8 Å². The lowest BCUT2D eigenvalue weighted by molar-refractivity contribution is 0.104. The molecule has 3 heteroatoms. The van der Waals surface area contributed by atoms with Gasteiger partial charge in [-0.25, -0.2) is 4.39 Å². The van der Waals surface area contributed by atoms with Crippen molar-refractivity contribution in [1.29, 1.82) is 0 Å². The third-order valence-electron chi connectivity index (χ3n) is 3.20. The summed E-state index contributed by atoms with van der Waals surface area (Å²) < 4.78 is 12.9. The van der Waals surface area contributed by atoms with Crippen LogP contribution in [0, 0.1) is 5.82 Å². The Balaban J connectivity index is 2.18. The molecular weight excluding hydrogens is 277 g/mol. The van der Waals surface area contributed by atoms with E-state index >= 15 is 0 Å². The van der Waals surface area contributed by atoms with E-state index in [0.717, 1.165) is 16.8 Å². The molecular formula is C19H18FNO. The van der Waals surface area contributed by atoms with Crippen LogP contribution in [0.3, 0.4) is 0 Å². The van der Waals surface area contributed by atoms with Gasteiger partial charge in [-0.05, 0) is 49.8 Å². The molecule has 2 nitrogen and oxygen atoms in total. The van der Waals surface area contributed by atoms with Crippen molar-refractivity contribution < 1.29 is 9.18 Å². The number of hydrogen-bond donors (Lipinski definition) is 1. The van der Waals surface area contributed by atoms with E-state index < -0.39 is 0 Å². The van der Waals surface area contributed by atoms with Crippen LogP contribution >= 0.6 is 0 Å². The van der Waals surface area contributed by atoms with Gasteiger partial charge in [-0.3, -0.25) is 4.79 Å². The standard InChI is InChI=1S/C19H18FNO/c1-13(2)17-6-4-5-7-18(17)21-14(3)12-19(22)15-8-10-16(20)11-9-15/h4-12,21H,1H2,2-3H3/b14-12-. The molecule has 0 spiro atoms. The summed E-state index contributed by atoms with van der Waals surface area (Å²) in [5.74, 6) is -0.524. The Hall–Kier alpha value is -2.68. The van der Waals surface area contributed by atoms with E-state index in [1.54, 1.807) is 0 Å². The van der Waals surface area contributed by atoms with Gasteiger partial charge in [-0.1, -0.05) is 24.8 Å². The molecule has 1 N–H and O–H groups in total. The Morgan fingerprint density at radius 1 is 1.09 bits per heavy atom. The van der Waals surface area contributed by atoms with Gasteiger partial charge in [0.25, 0.3) is 0 Å². The van der Waals surface area contributed by atoms with Crippen LogP contribution in [-0.2, 0) is 0 Å². The predicted molar refractivity (Wildman–Crippen MR) is 89.3 cm³/mol. The molecule has 112 valence electrons. The lowest BCUT2D eigenvalue weighted by atomic mass is 10.1. The van der Waals surface area contributed by atoms with Crippen LogP contribution in [-0.4, -0.2) is 5.78 Å². The Morgan fingerprint density at radius 2 is 1.73 bits per heavy atom. The highest BCUT2D eigenvalue weighted by Gasteiger charge is 2.06. The maximum Gasteiger partial charge on any atom is 0.187 e. The zero-order chi connectivity index (χ0) is 16.1. The minimum absolute atomic E-state index is 0.169. The molecule has 0 aliphatic rings. The molecule has 0 heterocycles. The average molecular weight is 295 g/mol. The lowest BCUT2D eigenvalue weighted by Crippen LogP contribution is -2.03. The summed E-state index contributed by atoms with van der Waals surface area (Å²) in [5, 5.41) is 3.21. The van der Waals surface area contributed by atoms with Crippen LogP contribution in [0.4, 0.5) is 10.1 Å². The molecule has 0 amide bonds. The van der Waals surface area contributed by atoms with E-state index in [9.17, 15) is 9.18 Å². The average Bonchev–Trinajstić information content (AvgIpc) is 2.48. The summed E-state index contributed by atoms with van der Waals surface area (Å²) in [7, 11) is 0. The molecule has 0 aromatic heterocycles. The van der Waals surface area contributed by atoms with Crippen molar-refractivity contribution in [2.45, 2.75) is 13.8 Å². The smallest absolute Gasteiger partial charge is 0.187 e. The molecule has 0 radical (unpaired) electrons. The molecule has 2 aromatic carbocycles. The van der Waals surface area contributed by atoms with Crippen LogP contribution in [0.1, 0.15) is 29.8 Å². The molecule has 0 saturated heterocycles. The van der Waals surface area contributed by atoms with E-state index in [2.05, 4.69) is 11.9 Å². The zero-order valence-corrected chi connectivity index (χ0v) is 12.7. The van der Waals surface area contributed by atoms with Crippen molar-refractivity contribution in [1.82, 2.24) is 0 Å². The summed E-state index contributed by atoms with van der Waals surface area (Å²) in [4.78, 5) is 12.1. The third kappa shape index (κ3) is 3.92. The molecule has 0 unspecified atom stereocenters. The van der Waals surface area contributed by atoms with Crippen LogP contribution in [0.5, 0.6) is 0 Å². The van der Waals surface area contributed by atoms with Gasteiger partial charge in [-0.15, -0.1) is 0 Å². The molecule has 22 heavy (non-hydrogen) atoms. The highest BCUT2D eigenvalue weighted by atomic mass is 19.1. The maximum absolute atomic E-state index is 12.9. The van der Waals surface area contributed by atoms with Gasteiger partial charge in [0, 0.05) is 28.6 Å². The fourth-order valence-electron chi connectivity index (χ4n) is 2.11. The minimum Gasteiger partial charge on any atom is -0.359 e. The molecule has 0 saturated carbocycles. The highest BCUT2D eigenvalue weighted by Crippen LogP contribution is 2.23. The van der Waals surface area contributed by atoms with Gasteiger partial charge < -0.3 is 5.32 Å². The summed E-state index contributed by atoms with van der Waals surface area (Å²) in [6, 6.07) is 13.3. The second kappa shape index (κ2) is 6.85.